The van der Waals surface area contributed by atoms with Gasteiger partial charge in [0, 0.05) is 31.5 Å². The Labute approximate surface area is 192 Å². The molecule has 1 aromatic carbocycles. The summed E-state index contributed by atoms with van der Waals surface area (Å²) in [4.78, 5) is 18.0. The number of halogens is 1. The Morgan fingerprint density at radius 2 is 1.88 bits per heavy atom. The SMILES string of the molecule is Cc1nn(C)c2nc(C(C)C)cc(C(=O)Nc3ccc(Cl)c(S(=O)(=O)N4CCCC4)c3)c12. The second-order valence-corrected chi connectivity index (χ2v) is 10.7. The Morgan fingerprint density at radius 1 is 1.19 bits per heavy atom. The number of aromatic nitrogens is 3. The minimum atomic E-state index is -3.72. The summed E-state index contributed by atoms with van der Waals surface area (Å²) in [7, 11) is -1.93. The van der Waals surface area contributed by atoms with Gasteiger partial charge < -0.3 is 5.32 Å². The average molecular weight is 476 g/mol. The van der Waals surface area contributed by atoms with E-state index in [1.165, 1.54) is 16.4 Å². The molecule has 2 aromatic heterocycles. The zero-order valence-electron chi connectivity index (χ0n) is 18.5. The number of sulfonamides is 1. The number of anilines is 1. The van der Waals surface area contributed by atoms with Crippen molar-refractivity contribution in [1.82, 2.24) is 19.1 Å². The summed E-state index contributed by atoms with van der Waals surface area (Å²) in [6.45, 7) is 6.80. The van der Waals surface area contributed by atoms with Crippen molar-refractivity contribution in [1.29, 1.82) is 0 Å². The molecule has 1 fully saturated rings. The van der Waals surface area contributed by atoms with Gasteiger partial charge in [0.15, 0.2) is 5.65 Å². The van der Waals surface area contributed by atoms with Crippen molar-refractivity contribution in [3.05, 3.63) is 46.2 Å². The van der Waals surface area contributed by atoms with Crippen LogP contribution in [0.1, 0.15) is 54.4 Å². The monoisotopic (exact) mass is 475 g/mol. The Hall–Kier alpha value is -2.49. The molecule has 3 aromatic rings. The molecule has 8 nitrogen and oxygen atoms in total. The first-order valence-corrected chi connectivity index (χ1v) is 12.4. The number of nitrogens with zero attached hydrogens (tertiary/aromatic N) is 4. The highest BCUT2D eigenvalue weighted by Crippen LogP contribution is 2.31. The van der Waals surface area contributed by atoms with Crippen molar-refractivity contribution in [3.8, 4) is 0 Å². The van der Waals surface area contributed by atoms with Crippen molar-refractivity contribution in [3.63, 3.8) is 0 Å². The molecule has 0 bridgehead atoms. The molecule has 1 amide bonds. The second-order valence-electron chi connectivity index (χ2n) is 8.37. The van der Waals surface area contributed by atoms with Crippen LogP contribution in [-0.2, 0) is 17.1 Å². The maximum Gasteiger partial charge on any atom is 0.256 e. The molecule has 1 aliphatic rings. The smallest absolute Gasteiger partial charge is 0.256 e. The molecule has 0 unspecified atom stereocenters. The summed E-state index contributed by atoms with van der Waals surface area (Å²) < 4.78 is 29.1. The average Bonchev–Trinajstić information content (AvgIpc) is 3.38. The summed E-state index contributed by atoms with van der Waals surface area (Å²) in [5, 5.41) is 8.06. The molecule has 3 heterocycles. The van der Waals surface area contributed by atoms with Crippen molar-refractivity contribution in [2.45, 2.75) is 44.4 Å². The molecule has 10 heteroatoms. The minimum absolute atomic E-state index is 0.000769. The van der Waals surface area contributed by atoms with Gasteiger partial charge in [-0.15, -0.1) is 0 Å². The number of hydrogen-bond acceptors (Lipinski definition) is 5. The predicted molar refractivity (Wildman–Crippen MR) is 125 cm³/mol. The van der Waals surface area contributed by atoms with Crippen molar-refractivity contribution >= 4 is 44.3 Å². The van der Waals surface area contributed by atoms with E-state index in [0.29, 0.717) is 41.1 Å². The topological polar surface area (TPSA) is 97.2 Å². The van der Waals surface area contributed by atoms with E-state index in [-0.39, 0.29) is 21.7 Å². The zero-order chi connectivity index (χ0) is 23.2. The first-order chi connectivity index (χ1) is 15.1. The Balaban J connectivity index is 1.73. The first-order valence-electron chi connectivity index (χ1n) is 10.5. The maximum absolute atomic E-state index is 13.3. The number of benzene rings is 1. The van der Waals surface area contributed by atoms with Crippen LogP contribution in [0.5, 0.6) is 0 Å². The summed E-state index contributed by atoms with van der Waals surface area (Å²) in [5.41, 5.74) is 2.91. The van der Waals surface area contributed by atoms with E-state index >= 15 is 0 Å². The molecule has 0 aliphatic carbocycles. The van der Waals surface area contributed by atoms with Gasteiger partial charge in [0.1, 0.15) is 4.90 Å². The fourth-order valence-electron chi connectivity index (χ4n) is 3.98. The van der Waals surface area contributed by atoms with E-state index in [2.05, 4.69) is 15.4 Å². The Morgan fingerprint density at radius 3 is 2.53 bits per heavy atom. The van der Waals surface area contributed by atoms with Crippen LogP contribution < -0.4 is 5.32 Å². The third-order valence-corrected chi connectivity index (χ3v) is 8.08. The van der Waals surface area contributed by atoms with Gasteiger partial charge in [-0.25, -0.2) is 13.4 Å². The fourth-order valence-corrected chi connectivity index (χ4v) is 6.00. The van der Waals surface area contributed by atoms with E-state index in [0.717, 1.165) is 18.5 Å². The van der Waals surface area contributed by atoms with Gasteiger partial charge in [-0.3, -0.25) is 9.48 Å². The Kier molecular flexibility index (Phi) is 6.00. The van der Waals surface area contributed by atoms with Gasteiger partial charge in [0.25, 0.3) is 5.91 Å². The van der Waals surface area contributed by atoms with E-state index < -0.39 is 10.0 Å². The lowest BCUT2D eigenvalue weighted by atomic mass is 10.0. The highest BCUT2D eigenvalue weighted by molar-refractivity contribution is 7.89. The minimum Gasteiger partial charge on any atom is -0.322 e. The normalized spacial score (nSPS) is 15.1. The predicted octanol–water partition coefficient (Wildman–Crippen LogP) is 4.09. The number of fused-ring (bicyclic) bond motifs is 1. The van der Waals surface area contributed by atoms with E-state index in [1.807, 2.05) is 20.8 Å². The molecule has 0 radical (unpaired) electrons. The number of amides is 1. The van der Waals surface area contributed by atoms with Crippen LogP contribution in [0.25, 0.3) is 11.0 Å². The standard InChI is InChI=1S/C22H26ClN5O3S/c1-13(2)18-12-16(20-14(3)26-27(4)21(20)25-18)22(29)24-15-7-8-17(23)19(11-15)32(30,31)28-9-5-6-10-28/h7-8,11-13H,5-6,9-10H2,1-4H3,(H,24,29). The molecule has 4 rings (SSSR count). The summed E-state index contributed by atoms with van der Waals surface area (Å²) in [6.07, 6.45) is 1.65. The van der Waals surface area contributed by atoms with Gasteiger partial charge in [-0.1, -0.05) is 25.4 Å². The van der Waals surface area contributed by atoms with E-state index in [4.69, 9.17) is 11.6 Å². The van der Waals surface area contributed by atoms with Crippen LogP contribution >= 0.6 is 11.6 Å². The zero-order valence-corrected chi connectivity index (χ0v) is 20.1. The van der Waals surface area contributed by atoms with E-state index in [9.17, 15) is 13.2 Å². The third-order valence-electron chi connectivity index (χ3n) is 5.70. The number of pyridine rings is 1. The first kappa shape index (κ1) is 22.7. The Bertz CT molecular complexity index is 1310. The van der Waals surface area contributed by atoms with Crippen LogP contribution in [0.4, 0.5) is 5.69 Å². The van der Waals surface area contributed by atoms with Crippen LogP contribution in [0.15, 0.2) is 29.2 Å². The van der Waals surface area contributed by atoms with Crippen molar-refractivity contribution < 1.29 is 13.2 Å². The molecule has 32 heavy (non-hydrogen) atoms. The summed E-state index contributed by atoms with van der Waals surface area (Å²) >= 11 is 6.23. The van der Waals surface area contributed by atoms with Crippen LogP contribution in [0, 0.1) is 6.92 Å². The lowest BCUT2D eigenvalue weighted by Gasteiger charge is -2.17. The van der Waals surface area contributed by atoms with Gasteiger partial charge in [0.2, 0.25) is 10.0 Å². The number of carbonyl (C=O) groups excluding carboxylic acids is 1. The molecule has 1 saturated heterocycles. The number of carbonyl (C=O) groups is 1. The van der Waals surface area contributed by atoms with Crippen LogP contribution in [-0.4, -0.2) is 46.5 Å². The highest BCUT2D eigenvalue weighted by atomic mass is 35.5. The molecule has 0 saturated carbocycles. The number of aryl methyl sites for hydroxylation is 2. The van der Waals surface area contributed by atoms with Crippen LogP contribution in [0.3, 0.4) is 0 Å². The molecular weight excluding hydrogens is 450 g/mol. The fraction of sp³-hybridized carbons (Fsp3) is 0.409. The molecule has 1 N–H and O–H groups in total. The van der Waals surface area contributed by atoms with Gasteiger partial charge >= 0.3 is 0 Å². The number of hydrogen-bond donors (Lipinski definition) is 1. The van der Waals surface area contributed by atoms with E-state index in [1.54, 1.807) is 23.9 Å². The molecular formula is C22H26ClN5O3S. The lowest BCUT2D eigenvalue weighted by Crippen LogP contribution is -2.28. The van der Waals surface area contributed by atoms with Gasteiger partial charge in [0.05, 0.1) is 21.7 Å². The quantitative estimate of drug-likeness (QED) is 0.599. The molecule has 0 atom stereocenters. The van der Waals surface area contributed by atoms with Gasteiger partial charge in [-0.2, -0.15) is 9.40 Å². The van der Waals surface area contributed by atoms with Crippen molar-refractivity contribution in [2.24, 2.45) is 7.05 Å². The number of nitrogens with one attached hydrogen (secondary N) is 1. The summed E-state index contributed by atoms with van der Waals surface area (Å²) in [5.74, 6) is -0.240. The summed E-state index contributed by atoms with van der Waals surface area (Å²) in [6, 6.07) is 6.29. The van der Waals surface area contributed by atoms with Crippen LogP contribution in [0.2, 0.25) is 5.02 Å². The maximum atomic E-state index is 13.3. The molecule has 1 aliphatic heterocycles. The lowest BCUT2D eigenvalue weighted by molar-refractivity contribution is 0.102. The third kappa shape index (κ3) is 4.00. The van der Waals surface area contributed by atoms with Gasteiger partial charge in [-0.05, 0) is 49.9 Å². The second kappa shape index (κ2) is 8.46. The van der Waals surface area contributed by atoms with Crippen molar-refractivity contribution in [2.75, 3.05) is 18.4 Å². The largest absolute Gasteiger partial charge is 0.322 e. The number of rotatable bonds is 5. The molecule has 0 spiro atoms. The highest BCUT2D eigenvalue weighted by Gasteiger charge is 2.29. The molecule has 170 valence electrons.